The third kappa shape index (κ3) is 3.22. The van der Waals surface area contributed by atoms with Gasteiger partial charge in [0.1, 0.15) is 12.4 Å². The summed E-state index contributed by atoms with van der Waals surface area (Å²) in [6.45, 7) is 2.40. The maximum atomic E-state index is 5.96. The summed E-state index contributed by atoms with van der Waals surface area (Å²) in [6.07, 6.45) is 3.49. The van der Waals surface area contributed by atoms with Gasteiger partial charge in [-0.1, -0.05) is 11.6 Å². The van der Waals surface area contributed by atoms with Crippen molar-refractivity contribution in [2.24, 2.45) is 5.73 Å². The molecule has 0 aliphatic rings. The second-order valence-corrected chi connectivity index (χ2v) is 4.55. The van der Waals surface area contributed by atoms with Gasteiger partial charge in [0, 0.05) is 29.0 Å². The van der Waals surface area contributed by atoms with Crippen LogP contribution in [0.3, 0.4) is 0 Å². The summed E-state index contributed by atoms with van der Waals surface area (Å²) in [5, 5.41) is 0.665. The van der Waals surface area contributed by atoms with Crippen molar-refractivity contribution in [3.63, 3.8) is 0 Å². The molecule has 1 atom stereocenters. The summed E-state index contributed by atoms with van der Waals surface area (Å²) in [7, 11) is 0. The average Bonchev–Trinajstić information content (AvgIpc) is 2.38. The minimum absolute atomic E-state index is 0.115. The number of halogens is 1. The zero-order valence-electron chi connectivity index (χ0n) is 10.1. The highest BCUT2D eigenvalue weighted by Crippen LogP contribution is 2.27. The Morgan fingerprint density at radius 3 is 2.67 bits per heavy atom. The molecule has 0 saturated heterocycles. The lowest BCUT2D eigenvalue weighted by atomic mass is 10.1. The second-order valence-electron chi connectivity index (χ2n) is 4.11. The van der Waals surface area contributed by atoms with Gasteiger partial charge in [0.2, 0.25) is 0 Å². The van der Waals surface area contributed by atoms with Crippen LogP contribution in [-0.4, -0.2) is 4.98 Å². The highest BCUT2D eigenvalue weighted by atomic mass is 35.5. The number of benzene rings is 1. The SMILES string of the molecule is CC(N)c1cc(Cl)ccc1OCc1ccncc1. The Bertz CT molecular complexity index is 514. The van der Waals surface area contributed by atoms with Gasteiger partial charge in [0.25, 0.3) is 0 Å². The highest BCUT2D eigenvalue weighted by molar-refractivity contribution is 6.30. The summed E-state index contributed by atoms with van der Waals surface area (Å²) in [4.78, 5) is 3.96. The summed E-state index contributed by atoms with van der Waals surface area (Å²) in [5.41, 5.74) is 7.88. The first-order chi connectivity index (χ1) is 8.66. The molecule has 0 aliphatic carbocycles. The average molecular weight is 263 g/mol. The van der Waals surface area contributed by atoms with Crippen LogP contribution in [0.15, 0.2) is 42.7 Å². The van der Waals surface area contributed by atoms with Gasteiger partial charge in [-0.2, -0.15) is 0 Å². The molecule has 0 radical (unpaired) electrons. The van der Waals surface area contributed by atoms with Crippen molar-refractivity contribution in [3.8, 4) is 5.75 Å². The molecule has 0 fully saturated rings. The third-order valence-corrected chi connectivity index (χ3v) is 2.84. The van der Waals surface area contributed by atoms with E-state index >= 15 is 0 Å². The summed E-state index contributed by atoms with van der Waals surface area (Å²) in [6, 6.07) is 9.21. The maximum absolute atomic E-state index is 5.96. The topological polar surface area (TPSA) is 48.1 Å². The number of nitrogens with two attached hydrogens (primary N) is 1. The predicted molar refractivity (Wildman–Crippen MR) is 72.6 cm³/mol. The van der Waals surface area contributed by atoms with Gasteiger partial charge in [-0.25, -0.2) is 0 Å². The summed E-state index contributed by atoms with van der Waals surface area (Å²) in [5.74, 6) is 0.770. The van der Waals surface area contributed by atoms with Gasteiger partial charge in [0.15, 0.2) is 0 Å². The molecule has 0 spiro atoms. The molecule has 0 aliphatic heterocycles. The Morgan fingerprint density at radius 1 is 1.28 bits per heavy atom. The number of ether oxygens (including phenoxy) is 1. The van der Waals surface area contributed by atoms with E-state index in [0.717, 1.165) is 16.9 Å². The van der Waals surface area contributed by atoms with E-state index in [1.165, 1.54) is 0 Å². The van der Waals surface area contributed by atoms with Crippen molar-refractivity contribution < 1.29 is 4.74 Å². The van der Waals surface area contributed by atoms with Crippen LogP contribution in [0.5, 0.6) is 5.75 Å². The zero-order valence-corrected chi connectivity index (χ0v) is 10.9. The van der Waals surface area contributed by atoms with Crippen molar-refractivity contribution in [1.82, 2.24) is 4.98 Å². The van der Waals surface area contributed by atoms with Gasteiger partial charge >= 0.3 is 0 Å². The third-order valence-electron chi connectivity index (χ3n) is 2.61. The zero-order chi connectivity index (χ0) is 13.0. The van der Waals surface area contributed by atoms with Crippen LogP contribution in [0.2, 0.25) is 5.02 Å². The Labute approximate surface area is 112 Å². The Morgan fingerprint density at radius 2 is 2.00 bits per heavy atom. The predicted octanol–water partition coefficient (Wildman–Crippen LogP) is 3.33. The first-order valence-corrected chi connectivity index (χ1v) is 6.11. The normalized spacial score (nSPS) is 12.2. The van der Waals surface area contributed by atoms with Gasteiger partial charge < -0.3 is 10.5 Å². The number of hydrogen-bond acceptors (Lipinski definition) is 3. The van der Waals surface area contributed by atoms with E-state index in [4.69, 9.17) is 22.1 Å². The van der Waals surface area contributed by atoms with Crippen LogP contribution in [-0.2, 0) is 6.61 Å². The van der Waals surface area contributed by atoms with Crippen LogP contribution >= 0.6 is 11.6 Å². The molecule has 2 aromatic rings. The quantitative estimate of drug-likeness (QED) is 0.919. The van der Waals surface area contributed by atoms with Crippen molar-refractivity contribution in [2.45, 2.75) is 19.6 Å². The number of pyridine rings is 1. The van der Waals surface area contributed by atoms with Crippen LogP contribution in [0.1, 0.15) is 24.1 Å². The molecular weight excluding hydrogens is 248 g/mol. The van der Waals surface area contributed by atoms with E-state index < -0.39 is 0 Å². The van der Waals surface area contributed by atoms with E-state index in [-0.39, 0.29) is 6.04 Å². The van der Waals surface area contributed by atoms with Gasteiger partial charge in [-0.15, -0.1) is 0 Å². The fourth-order valence-corrected chi connectivity index (χ4v) is 1.83. The van der Waals surface area contributed by atoms with E-state index in [1.54, 1.807) is 18.5 Å². The monoisotopic (exact) mass is 262 g/mol. The fourth-order valence-electron chi connectivity index (χ4n) is 1.65. The number of aromatic nitrogens is 1. The molecule has 0 amide bonds. The molecule has 4 heteroatoms. The number of rotatable bonds is 4. The Hall–Kier alpha value is -1.58. The van der Waals surface area contributed by atoms with Crippen molar-refractivity contribution in [1.29, 1.82) is 0 Å². The summed E-state index contributed by atoms with van der Waals surface area (Å²) >= 11 is 5.96. The fraction of sp³-hybridized carbons (Fsp3) is 0.214. The molecule has 0 saturated carbocycles. The molecule has 1 heterocycles. The number of nitrogens with zero attached hydrogens (tertiary/aromatic N) is 1. The molecule has 1 aromatic heterocycles. The largest absolute Gasteiger partial charge is 0.489 e. The van der Waals surface area contributed by atoms with Crippen LogP contribution < -0.4 is 10.5 Å². The van der Waals surface area contributed by atoms with E-state index in [2.05, 4.69) is 4.98 Å². The minimum Gasteiger partial charge on any atom is -0.489 e. The lowest BCUT2D eigenvalue weighted by Gasteiger charge is -2.14. The van der Waals surface area contributed by atoms with Gasteiger partial charge in [0.05, 0.1) is 0 Å². The first-order valence-electron chi connectivity index (χ1n) is 5.73. The maximum Gasteiger partial charge on any atom is 0.124 e. The molecule has 1 unspecified atom stereocenters. The summed E-state index contributed by atoms with van der Waals surface area (Å²) < 4.78 is 5.77. The van der Waals surface area contributed by atoms with Crippen molar-refractivity contribution in [3.05, 3.63) is 58.9 Å². The van der Waals surface area contributed by atoms with Crippen molar-refractivity contribution in [2.75, 3.05) is 0 Å². The van der Waals surface area contributed by atoms with Crippen LogP contribution in [0.4, 0.5) is 0 Å². The molecular formula is C14H15ClN2O. The Kier molecular flexibility index (Phi) is 4.18. The van der Waals surface area contributed by atoms with Gasteiger partial charge in [-0.05, 0) is 42.8 Å². The van der Waals surface area contributed by atoms with E-state index in [0.29, 0.717) is 11.6 Å². The molecule has 18 heavy (non-hydrogen) atoms. The highest BCUT2D eigenvalue weighted by Gasteiger charge is 2.09. The van der Waals surface area contributed by atoms with E-state index in [9.17, 15) is 0 Å². The minimum atomic E-state index is -0.115. The Balaban J connectivity index is 2.14. The second kappa shape index (κ2) is 5.85. The first kappa shape index (κ1) is 12.9. The molecule has 3 nitrogen and oxygen atoms in total. The van der Waals surface area contributed by atoms with Crippen molar-refractivity contribution >= 4 is 11.6 Å². The standard InChI is InChI=1S/C14H15ClN2O/c1-10(16)13-8-12(15)2-3-14(13)18-9-11-4-6-17-7-5-11/h2-8,10H,9,16H2,1H3. The lowest BCUT2D eigenvalue weighted by Crippen LogP contribution is -2.08. The van der Waals surface area contributed by atoms with Crippen LogP contribution in [0.25, 0.3) is 0 Å². The molecule has 1 aromatic carbocycles. The lowest BCUT2D eigenvalue weighted by molar-refractivity contribution is 0.301. The molecule has 94 valence electrons. The van der Waals surface area contributed by atoms with Gasteiger partial charge in [-0.3, -0.25) is 4.98 Å². The smallest absolute Gasteiger partial charge is 0.124 e. The molecule has 2 rings (SSSR count). The van der Waals surface area contributed by atoms with Crippen LogP contribution in [0, 0.1) is 0 Å². The van der Waals surface area contributed by atoms with E-state index in [1.807, 2.05) is 31.2 Å². The molecule has 2 N–H and O–H groups in total. The number of hydrogen-bond donors (Lipinski definition) is 1. The molecule has 0 bridgehead atoms.